The van der Waals surface area contributed by atoms with E-state index in [1.54, 1.807) is 25.5 Å². The second-order valence-electron chi connectivity index (χ2n) is 5.37. The molecule has 138 valence electrons. The smallest absolute Gasteiger partial charge is 0.363 e. The van der Waals surface area contributed by atoms with Gasteiger partial charge in [0.15, 0.2) is 17.3 Å². The molecule has 0 fully saturated rings. The molecular weight excluding hydrogens is 370 g/mol. The maximum absolute atomic E-state index is 11.1. The first-order valence-electron chi connectivity index (χ1n) is 7.90. The lowest BCUT2D eigenvalue weighted by molar-refractivity contribution is 0.284. The zero-order valence-electron chi connectivity index (χ0n) is 14.3. The van der Waals surface area contributed by atoms with Crippen molar-refractivity contribution in [2.75, 3.05) is 12.5 Å². The fourth-order valence-electron chi connectivity index (χ4n) is 2.17. The molecule has 0 radical (unpaired) electrons. The lowest BCUT2D eigenvalue weighted by atomic mass is 10.2. The van der Waals surface area contributed by atoms with E-state index in [1.165, 1.54) is 6.20 Å². The standard InChI is InChI=1S/C18H16ClN5O3/c1-26-15-7-4-13(9-20-23-17-10-21-24-18(25)22-17)8-16(15)27-11-12-2-5-14(19)6-3-12/h2-10H,11H2,1H3,(H2,22,23,24,25)/b20-9+. The van der Waals surface area contributed by atoms with Gasteiger partial charge in [-0.2, -0.15) is 15.2 Å². The minimum Gasteiger partial charge on any atom is -0.493 e. The molecule has 0 atom stereocenters. The number of hydrogen-bond donors (Lipinski definition) is 2. The van der Waals surface area contributed by atoms with Crippen molar-refractivity contribution in [3.8, 4) is 11.5 Å². The Kier molecular flexibility index (Phi) is 6.01. The Labute approximate surface area is 159 Å². The summed E-state index contributed by atoms with van der Waals surface area (Å²) in [6.07, 6.45) is 2.92. The lowest BCUT2D eigenvalue weighted by Gasteiger charge is -2.11. The molecular formula is C18H16ClN5O3. The molecule has 2 N–H and O–H groups in total. The first-order valence-corrected chi connectivity index (χ1v) is 8.28. The molecule has 0 saturated carbocycles. The fraction of sp³-hybridized carbons (Fsp3) is 0.111. The summed E-state index contributed by atoms with van der Waals surface area (Å²) in [7, 11) is 1.57. The van der Waals surface area contributed by atoms with Crippen molar-refractivity contribution >= 4 is 23.6 Å². The second-order valence-corrected chi connectivity index (χ2v) is 5.80. The van der Waals surface area contributed by atoms with Crippen LogP contribution in [0.15, 0.2) is 58.6 Å². The molecule has 9 heteroatoms. The zero-order valence-corrected chi connectivity index (χ0v) is 15.1. The van der Waals surface area contributed by atoms with Gasteiger partial charge >= 0.3 is 5.69 Å². The second kappa shape index (κ2) is 8.81. The van der Waals surface area contributed by atoms with Gasteiger partial charge in [-0.25, -0.2) is 9.89 Å². The number of rotatable bonds is 7. The molecule has 1 aromatic heterocycles. The van der Waals surface area contributed by atoms with Crippen molar-refractivity contribution in [2.24, 2.45) is 5.10 Å². The van der Waals surface area contributed by atoms with Gasteiger partial charge in [0.05, 0.1) is 19.5 Å². The first kappa shape index (κ1) is 18.4. The third kappa shape index (κ3) is 5.29. The summed E-state index contributed by atoms with van der Waals surface area (Å²) in [4.78, 5) is 14.8. The van der Waals surface area contributed by atoms with E-state index in [4.69, 9.17) is 21.1 Å². The van der Waals surface area contributed by atoms with Crippen LogP contribution in [0.3, 0.4) is 0 Å². The molecule has 3 aromatic rings. The topological polar surface area (TPSA) is 101 Å². The minimum absolute atomic E-state index is 0.239. The molecule has 2 aromatic carbocycles. The monoisotopic (exact) mass is 385 g/mol. The van der Waals surface area contributed by atoms with Gasteiger partial charge in [0.1, 0.15) is 6.61 Å². The highest BCUT2D eigenvalue weighted by molar-refractivity contribution is 6.30. The van der Waals surface area contributed by atoms with Gasteiger partial charge in [-0.3, -0.25) is 5.43 Å². The van der Waals surface area contributed by atoms with E-state index in [1.807, 2.05) is 30.3 Å². The highest BCUT2D eigenvalue weighted by Gasteiger charge is 2.06. The van der Waals surface area contributed by atoms with Crippen LogP contribution < -0.4 is 20.6 Å². The summed E-state index contributed by atoms with van der Waals surface area (Å²) >= 11 is 5.89. The molecule has 1 heterocycles. The SMILES string of the molecule is COc1ccc(/C=N/Nc2cn[nH]c(=O)n2)cc1OCc1ccc(Cl)cc1. The quantitative estimate of drug-likeness (QED) is 0.479. The molecule has 0 aliphatic heterocycles. The van der Waals surface area contributed by atoms with Gasteiger partial charge in [-0.1, -0.05) is 23.7 Å². The number of benzene rings is 2. The van der Waals surface area contributed by atoms with Crippen LogP contribution in [-0.4, -0.2) is 28.5 Å². The summed E-state index contributed by atoms with van der Waals surface area (Å²) in [6.45, 7) is 0.370. The van der Waals surface area contributed by atoms with Crippen LogP contribution >= 0.6 is 11.6 Å². The first-order chi connectivity index (χ1) is 13.1. The largest absolute Gasteiger partial charge is 0.493 e. The number of anilines is 1. The van der Waals surface area contributed by atoms with Gasteiger partial charge < -0.3 is 9.47 Å². The molecule has 27 heavy (non-hydrogen) atoms. The molecule has 0 saturated heterocycles. The normalized spacial score (nSPS) is 10.7. The van der Waals surface area contributed by atoms with Crippen LogP contribution in [-0.2, 0) is 6.61 Å². The zero-order chi connectivity index (χ0) is 19.1. The number of nitrogens with one attached hydrogen (secondary N) is 2. The summed E-state index contributed by atoms with van der Waals surface area (Å²) in [5.74, 6) is 1.42. The molecule has 0 amide bonds. The number of aromatic amines is 1. The van der Waals surface area contributed by atoms with Crippen LogP contribution in [0, 0.1) is 0 Å². The Balaban J connectivity index is 1.69. The van der Waals surface area contributed by atoms with Crippen molar-refractivity contribution in [1.29, 1.82) is 0 Å². The molecule has 0 spiro atoms. The molecule has 8 nitrogen and oxygen atoms in total. The number of halogens is 1. The van der Waals surface area contributed by atoms with Crippen LogP contribution in [0.25, 0.3) is 0 Å². The van der Waals surface area contributed by atoms with E-state index in [0.29, 0.717) is 23.1 Å². The lowest BCUT2D eigenvalue weighted by Crippen LogP contribution is -2.13. The number of H-pyrrole nitrogens is 1. The highest BCUT2D eigenvalue weighted by atomic mass is 35.5. The van der Waals surface area contributed by atoms with E-state index >= 15 is 0 Å². The number of aromatic nitrogens is 3. The highest BCUT2D eigenvalue weighted by Crippen LogP contribution is 2.28. The van der Waals surface area contributed by atoms with Gasteiger partial charge in [0.25, 0.3) is 0 Å². The predicted molar refractivity (Wildman–Crippen MR) is 103 cm³/mol. The van der Waals surface area contributed by atoms with Gasteiger partial charge in [0, 0.05) is 5.02 Å². The van der Waals surface area contributed by atoms with Crippen LogP contribution in [0.1, 0.15) is 11.1 Å². The number of nitrogens with zero attached hydrogens (tertiary/aromatic N) is 3. The fourth-order valence-corrected chi connectivity index (χ4v) is 2.29. The molecule has 0 aliphatic rings. The van der Waals surface area contributed by atoms with Gasteiger partial charge in [-0.15, -0.1) is 0 Å². The van der Waals surface area contributed by atoms with E-state index in [2.05, 4.69) is 25.7 Å². The van der Waals surface area contributed by atoms with E-state index < -0.39 is 5.69 Å². The van der Waals surface area contributed by atoms with Crippen LogP contribution in [0.2, 0.25) is 5.02 Å². The third-order valence-electron chi connectivity index (χ3n) is 3.46. The third-order valence-corrected chi connectivity index (χ3v) is 3.71. The summed E-state index contributed by atoms with van der Waals surface area (Å²) < 4.78 is 11.2. The van der Waals surface area contributed by atoms with Gasteiger partial charge in [0.2, 0.25) is 0 Å². The summed E-state index contributed by atoms with van der Waals surface area (Å²) in [6, 6.07) is 12.8. The van der Waals surface area contributed by atoms with E-state index in [-0.39, 0.29) is 5.82 Å². The Bertz CT molecular complexity index is 989. The number of hydrogen-bond acceptors (Lipinski definition) is 7. The summed E-state index contributed by atoms with van der Waals surface area (Å²) in [5, 5.41) is 10.5. The Hall–Kier alpha value is -3.39. The van der Waals surface area contributed by atoms with Crippen molar-refractivity contribution in [3.63, 3.8) is 0 Å². The average Bonchev–Trinajstić information content (AvgIpc) is 2.68. The average molecular weight is 386 g/mol. The summed E-state index contributed by atoms with van der Waals surface area (Å²) in [5.41, 5.74) is 3.83. The maximum atomic E-state index is 11.1. The Morgan fingerprint density at radius 1 is 1.22 bits per heavy atom. The van der Waals surface area contributed by atoms with Crippen LogP contribution in [0.5, 0.6) is 11.5 Å². The van der Waals surface area contributed by atoms with Crippen molar-refractivity contribution in [2.45, 2.75) is 6.61 Å². The van der Waals surface area contributed by atoms with E-state index in [0.717, 1.165) is 11.1 Å². The Morgan fingerprint density at radius 3 is 2.78 bits per heavy atom. The predicted octanol–water partition coefficient (Wildman–Crippen LogP) is 2.85. The minimum atomic E-state index is -0.558. The van der Waals surface area contributed by atoms with Crippen LogP contribution in [0.4, 0.5) is 5.82 Å². The number of methoxy groups -OCH3 is 1. The number of hydrazone groups is 1. The molecule has 0 bridgehead atoms. The molecule has 3 rings (SSSR count). The Morgan fingerprint density at radius 2 is 2.04 bits per heavy atom. The van der Waals surface area contributed by atoms with Gasteiger partial charge in [-0.05, 0) is 41.5 Å². The molecule has 0 unspecified atom stereocenters. The van der Waals surface area contributed by atoms with Crippen molar-refractivity contribution in [3.05, 3.63) is 75.3 Å². The van der Waals surface area contributed by atoms with E-state index in [9.17, 15) is 4.79 Å². The van der Waals surface area contributed by atoms with Crippen molar-refractivity contribution < 1.29 is 9.47 Å². The van der Waals surface area contributed by atoms with Crippen molar-refractivity contribution in [1.82, 2.24) is 15.2 Å². The maximum Gasteiger partial charge on any atom is 0.363 e. The molecule has 0 aliphatic carbocycles. The number of ether oxygens (including phenoxy) is 2.